The molecule has 168 valence electrons. The zero-order valence-electron chi connectivity index (χ0n) is 17.6. The van der Waals surface area contributed by atoms with E-state index in [-0.39, 0.29) is 36.8 Å². The Bertz CT molecular complexity index is 1330. The molecule has 0 bridgehead atoms. The minimum atomic E-state index is -3.77. The second-order valence-electron chi connectivity index (χ2n) is 7.66. The van der Waals surface area contributed by atoms with Crippen molar-refractivity contribution >= 4 is 31.0 Å². The molecule has 1 aliphatic rings. The topological polar surface area (TPSA) is 119 Å². The van der Waals surface area contributed by atoms with Gasteiger partial charge in [0, 0.05) is 38.6 Å². The summed E-state index contributed by atoms with van der Waals surface area (Å²) in [6.07, 6.45) is 0.399. The fraction of sp³-hybridized carbons (Fsp3) is 0.474. The van der Waals surface area contributed by atoms with Gasteiger partial charge in [-0.05, 0) is 32.4 Å². The van der Waals surface area contributed by atoms with Crippen molar-refractivity contribution in [2.45, 2.75) is 30.9 Å². The van der Waals surface area contributed by atoms with Gasteiger partial charge in [0.15, 0.2) is 5.58 Å². The number of hydrogen-bond donors (Lipinski definition) is 0. The summed E-state index contributed by atoms with van der Waals surface area (Å²) in [4.78, 5) is 0.195. The van der Waals surface area contributed by atoms with Crippen LogP contribution in [0.3, 0.4) is 0 Å². The van der Waals surface area contributed by atoms with E-state index >= 15 is 0 Å². The number of aryl methyl sites for hydroxylation is 2. The van der Waals surface area contributed by atoms with Gasteiger partial charge in [0.2, 0.25) is 20.0 Å². The average molecular weight is 468 g/mol. The molecule has 0 unspecified atom stereocenters. The van der Waals surface area contributed by atoms with E-state index in [2.05, 4.69) is 10.3 Å². The van der Waals surface area contributed by atoms with E-state index in [4.69, 9.17) is 4.52 Å². The van der Waals surface area contributed by atoms with E-state index in [0.717, 1.165) is 0 Å². The number of aromatic nitrogens is 3. The molecule has 2 aromatic heterocycles. The van der Waals surface area contributed by atoms with E-state index in [1.165, 1.54) is 8.61 Å². The Kier molecular flexibility index (Phi) is 5.66. The molecule has 31 heavy (non-hydrogen) atoms. The Labute approximate surface area is 181 Å². The third-order valence-electron chi connectivity index (χ3n) is 5.62. The maximum absolute atomic E-state index is 13.2. The van der Waals surface area contributed by atoms with Crippen LogP contribution in [0.5, 0.6) is 0 Å². The molecule has 0 radical (unpaired) electrons. The van der Waals surface area contributed by atoms with E-state index in [0.29, 0.717) is 34.5 Å². The molecule has 1 saturated heterocycles. The van der Waals surface area contributed by atoms with Crippen LogP contribution in [0.1, 0.15) is 23.5 Å². The number of fused-ring (bicyclic) bond motifs is 1. The van der Waals surface area contributed by atoms with Crippen LogP contribution in [0.15, 0.2) is 33.7 Å². The molecule has 4 rings (SSSR count). The second-order valence-corrected chi connectivity index (χ2v) is 11.5. The van der Waals surface area contributed by atoms with Crippen LogP contribution in [-0.4, -0.2) is 66.6 Å². The third kappa shape index (κ3) is 4.00. The number of sulfonamides is 2. The first-order chi connectivity index (χ1) is 14.6. The Hall–Kier alpha value is -2.28. The highest BCUT2D eigenvalue weighted by molar-refractivity contribution is 7.89. The van der Waals surface area contributed by atoms with Crippen molar-refractivity contribution in [1.82, 2.24) is 23.5 Å². The van der Waals surface area contributed by atoms with E-state index in [9.17, 15) is 16.8 Å². The molecule has 0 amide bonds. The molecule has 10 nitrogen and oxygen atoms in total. The predicted octanol–water partition coefficient (Wildman–Crippen LogP) is 1.40. The monoisotopic (exact) mass is 467 g/mol. The zero-order chi connectivity index (χ0) is 22.4. The molecule has 12 heteroatoms. The van der Waals surface area contributed by atoms with Gasteiger partial charge in [-0.2, -0.15) is 9.40 Å². The highest BCUT2D eigenvalue weighted by atomic mass is 32.2. The van der Waals surface area contributed by atoms with E-state index in [1.807, 2.05) is 0 Å². The summed E-state index contributed by atoms with van der Waals surface area (Å²) in [5.41, 5.74) is 1.88. The smallest absolute Gasteiger partial charge is 0.246 e. The first kappa shape index (κ1) is 21.9. The molecule has 1 aliphatic heterocycles. The first-order valence-electron chi connectivity index (χ1n) is 9.93. The van der Waals surface area contributed by atoms with Crippen molar-refractivity contribution in [2.75, 3.05) is 26.2 Å². The summed E-state index contributed by atoms with van der Waals surface area (Å²) in [6.45, 7) is 4.02. The van der Waals surface area contributed by atoms with Crippen LogP contribution >= 0.6 is 0 Å². The summed E-state index contributed by atoms with van der Waals surface area (Å²) in [5, 5.41) is 8.78. The fourth-order valence-corrected chi connectivity index (χ4v) is 7.32. The number of rotatable bonds is 5. The lowest BCUT2D eigenvalue weighted by Gasteiger charge is -2.21. The Balaban J connectivity index is 1.53. The molecule has 0 saturated carbocycles. The Morgan fingerprint density at radius 2 is 1.68 bits per heavy atom. The lowest BCUT2D eigenvalue weighted by molar-refractivity contribution is 0.402. The van der Waals surface area contributed by atoms with E-state index in [1.54, 1.807) is 49.8 Å². The lowest BCUT2D eigenvalue weighted by atomic mass is 10.2. The van der Waals surface area contributed by atoms with Crippen LogP contribution < -0.4 is 0 Å². The van der Waals surface area contributed by atoms with Crippen LogP contribution in [0.4, 0.5) is 0 Å². The molecule has 3 aromatic rings. The van der Waals surface area contributed by atoms with Crippen LogP contribution in [-0.2, 0) is 32.8 Å². The molecule has 0 aliphatic carbocycles. The molecule has 1 aromatic carbocycles. The van der Waals surface area contributed by atoms with Gasteiger partial charge in [-0.25, -0.2) is 21.1 Å². The maximum atomic E-state index is 13.2. The second kappa shape index (κ2) is 8.01. The van der Waals surface area contributed by atoms with Crippen molar-refractivity contribution in [3.63, 3.8) is 0 Å². The van der Waals surface area contributed by atoms with Gasteiger partial charge in [-0.3, -0.25) is 4.68 Å². The third-order valence-corrected chi connectivity index (χ3v) is 9.56. The summed E-state index contributed by atoms with van der Waals surface area (Å²) < 4.78 is 62.0. The number of nitrogens with zero attached hydrogens (tertiary/aromatic N) is 5. The summed E-state index contributed by atoms with van der Waals surface area (Å²) >= 11 is 0. The van der Waals surface area contributed by atoms with Gasteiger partial charge in [0.05, 0.1) is 11.4 Å². The highest BCUT2D eigenvalue weighted by Gasteiger charge is 2.34. The zero-order valence-corrected chi connectivity index (χ0v) is 19.3. The normalized spacial score (nSPS) is 17.3. The molecule has 0 atom stereocenters. The van der Waals surface area contributed by atoms with Crippen molar-refractivity contribution < 1.29 is 21.4 Å². The van der Waals surface area contributed by atoms with Crippen LogP contribution in [0.2, 0.25) is 0 Å². The number of hydrogen-bond acceptors (Lipinski definition) is 7. The molecule has 0 N–H and O–H groups in total. The van der Waals surface area contributed by atoms with Gasteiger partial charge in [-0.1, -0.05) is 17.3 Å². The highest BCUT2D eigenvalue weighted by Crippen LogP contribution is 2.25. The van der Waals surface area contributed by atoms with E-state index < -0.39 is 20.0 Å². The van der Waals surface area contributed by atoms with Crippen molar-refractivity contribution in [2.24, 2.45) is 7.05 Å². The summed E-state index contributed by atoms with van der Waals surface area (Å²) in [5.74, 6) is -0.294. The fourth-order valence-electron chi connectivity index (χ4n) is 3.95. The minimum absolute atomic E-state index is 0.0783. The summed E-state index contributed by atoms with van der Waals surface area (Å²) in [6, 6.07) is 7.09. The van der Waals surface area contributed by atoms with Crippen LogP contribution in [0, 0.1) is 13.8 Å². The molecule has 0 spiro atoms. The quantitative estimate of drug-likeness (QED) is 0.556. The maximum Gasteiger partial charge on any atom is 0.246 e. The summed E-state index contributed by atoms with van der Waals surface area (Å²) in [7, 11) is -5.77. The average Bonchev–Trinajstić information content (AvgIpc) is 3.08. The number of para-hydroxylation sites is 1. The minimum Gasteiger partial charge on any atom is -0.356 e. The molecular formula is C19H25N5O5S2. The van der Waals surface area contributed by atoms with Gasteiger partial charge < -0.3 is 4.52 Å². The lowest BCUT2D eigenvalue weighted by Crippen LogP contribution is -2.38. The van der Waals surface area contributed by atoms with Gasteiger partial charge >= 0.3 is 0 Å². The van der Waals surface area contributed by atoms with Crippen molar-refractivity contribution in [3.8, 4) is 0 Å². The van der Waals surface area contributed by atoms with Crippen molar-refractivity contribution in [1.29, 1.82) is 0 Å². The number of benzene rings is 1. The van der Waals surface area contributed by atoms with Crippen molar-refractivity contribution in [3.05, 3.63) is 41.3 Å². The Morgan fingerprint density at radius 1 is 1.00 bits per heavy atom. The standard InChI is InChI=1S/C19H25N5O5S2/c1-14-19(15(2)22(3)20-14)31(27,28)24-10-6-9-23(11-12-24)30(25,26)13-17-16-7-4-5-8-18(16)29-21-17/h4-5,7-8H,6,9-13H2,1-3H3. The van der Waals surface area contributed by atoms with Gasteiger partial charge in [0.1, 0.15) is 16.3 Å². The van der Waals surface area contributed by atoms with Gasteiger partial charge in [0.25, 0.3) is 0 Å². The van der Waals surface area contributed by atoms with Crippen LogP contribution in [0.25, 0.3) is 11.0 Å². The SMILES string of the molecule is Cc1nn(C)c(C)c1S(=O)(=O)N1CCCN(S(=O)(=O)Cc2noc3ccccc23)CC1. The predicted molar refractivity (Wildman–Crippen MR) is 114 cm³/mol. The largest absolute Gasteiger partial charge is 0.356 e. The molecular weight excluding hydrogens is 442 g/mol. The Morgan fingerprint density at radius 3 is 2.39 bits per heavy atom. The molecule has 3 heterocycles. The van der Waals surface area contributed by atoms with Gasteiger partial charge in [-0.15, -0.1) is 0 Å². The molecule has 1 fully saturated rings. The first-order valence-corrected chi connectivity index (χ1v) is 13.0.